The fraction of sp³-hybridized carbons (Fsp3) is 0.449. The lowest BCUT2D eigenvalue weighted by Gasteiger charge is -2.40. The molecular weight excluding hydrogens is 781 g/mol. The molecule has 0 spiro atoms. The van der Waals surface area contributed by atoms with E-state index < -0.39 is 5.60 Å². The third-order valence-corrected chi connectivity index (χ3v) is 11.6. The van der Waals surface area contributed by atoms with E-state index in [0.717, 1.165) is 82.7 Å². The summed E-state index contributed by atoms with van der Waals surface area (Å²) in [6.45, 7) is 19.4. The summed E-state index contributed by atoms with van der Waals surface area (Å²) in [7, 11) is 0. The van der Waals surface area contributed by atoms with Gasteiger partial charge in [0.15, 0.2) is 5.65 Å². The summed E-state index contributed by atoms with van der Waals surface area (Å²) in [5.74, 6) is -0.520. The molecule has 2 aliphatic rings. The van der Waals surface area contributed by atoms with Crippen LogP contribution in [0.5, 0.6) is 0 Å². The van der Waals surface area contributed by atoms with Gasteiger partial charge < -0.3 is 30.3 Å². The van der Waals surface area contributed by atoms with Crippen molar-refractivity contribution in [1.29, 1.82) is 0 Å². The molecule has 13 nitrogen and oxygen atoms in total. The van der Waals surface area contributed by atoms with Crippen LogP contribution in [0.2, 0.25) is 0 Å². The normalized spacial score (nSPS) is 16.3. The highest BCUT2D eigenvalue weighted by molar-refractivity contribution is 6.00. The van der Waals surface area contributed by atoms with Crippen molar-refractivity contribution >= 4 is 34.6 Å². The van der Waals surface area contributed by atoms with Gasteiger partial charge >= 0.3 is 6.09 Å². The number of pyridine rings is 1. The number of piperazine rings is 1. The zero-order chi connectivity index (χ0) is 44.0. The molecule has 3 aromatic carbocycles. The molecule has 0 aliphatic carbocycles. The summed E-state index contributed by atoms with van der Waals surface area (Å²) in [5, 5.41) is 15.5. The first kappa shape index (κ1) is 44.3. The molecule has 0 saturated carbocycles. The Kier molecular flexibility index (Phi) is 13.9. The van der Waals surface area contributed by atoms with Crippen LogP contribution >= 0.6 is 0 Å². The molecule has 0 bridgehead atoms. The number of amides is 3. The van der Waals surface area contributed by atoms with E-state index in [0.29, 0.717) is 50.4 Å². The van der Waals surface area contributed by atoms with E-state index >= 15 is 0 Å². The van der Waals surface area contributed by atoms with Crippen LogP contribution in [0.15, 0.2) is 72.9 Å². The predicted molar refractivity (Wildman–Crippen MR) is 243 cm³/mol. The number of aryl methyl sites for hydroxylation is 3. The number of nitrogens with one attached hydrogen (secondary N) is 3. The number of carbonyl (C=O) groups excluding carboxylic acids is 3. The SMILES string of the molecule is CCc1nc2c(cnn2CC)c(NC2CCOCC2)c1CNC(=O)c1cc(C)cc(C(=O)NCc2cccc(-c3cccc(CN4CCN(C(=O)OC(C)(C)C)[C@@H](C)C4)c3)c2)c1. The number of rotatable bonds is 13. The van der Waals surface area contributed by atoms with Crippen LogP contribution in [0.25, 0.3) is 22.2 Å². The fourth-order valence-electron chi connectivity index (χ4n) is 8.44. The molecule has 4 heterocycles. The number of benzene rings is 3. The summed E-state index contributed by atoms with van der Waals surface area (Å²) >= 11 is 0. The second-order valence-electron chi connectivity index (χ2n) is 17.6. The minimum absolute atomic E-state index is 0.0478. The lowest BCUT2D eigenvalue weighted by atomic mass is 10.0. The maximum absolute atomic E-state index is 13.8. The number of aromatic nitrogens is 3. The smallest absolute Gasteiger partial charge is 0.410 e. The zero-order valence-electron chi connectivity index (χ0n) is 37.3. The van der Waals surface area contributed by atoms with Crippen molar-refractivity contribution in [2.24, 2.45) is 0 Å². The van der Waals surface area contributed by atoms with E-state index in [9.17, 15) is 14.4 Å². The van der Waals surface area contributed by atoms with Crippen LogP contribution in [0.1, 0.15) is 103 Å². The Morgan fingerprint density at radius 3 is 2.18 bits per heavy atom. The summed E-state index contributed by atoms with van der Waals surface area (Å²) in [6, 6.07) is 22.3. The van der Waals surface area contributed by atoms with Crippen LogP contribution in [0, 0.1) is 6.92 Å². The summed E-state index contributed by atoms with van der Waals surface area (Å²) < 4.78 is 13.2. The molecule has 0 unspecified atom stereocenters. The Morgan fingerprint density at radius 2 is 1.53 bits per heavy atom. The lowest BCUT2D eigenvalue weighted by molar-refractivity contribution is 0.000540. The van der Waals surface area contributed by atoms with E-state index in [1.54, 1.807) is 12.1 Å². The number of nitrogens with zero attached hydrogens (tertiary/aromatic N) is 5. The monoisotopic (exact) mass is 842 g/mol. The Hall–Kier alpha value is -5.79. The number of anilines is 1. The summed E-state index contributed by atoms with van der Waals surface area (Å²) in [6.07, 6.45) is 4.09. The van der Waals surface area contributed by atoms with Gasteiger partial charge in [-0.2, -0.15) is 5.10 Å². The first-order chi connectivity index (χ1) is 29.8. The maximum atomic E-state index is 13.8. The highest BCUT2D eigenvalue weighted by atomic mass is 16.6. The van der Waals surface area contributed by atoms with Crippen LogP contribution in [-0.4, -0.2) is 93.0 Å². The highest BCUT2D eigenvalue weighted by Crippen LogP contribution is 2.32. The zero-order valence-corrected chi connectivity index (χ0v) is 37.3. The molecule has 328 valence electrons. The molecule has 5 aromatic rings. The average molecular weight is 843 g/mol. The molecule has 3 amide bonds. The van der Waals surface area contributed by atoms with E-state index in [2.05, 4.69) is 83.1 Å². The minimum Gasteiger partial charge on any atom is -0.444 e. The molecule has 1 atom stereocenters. The molecule has 3 N–H and O–H groups in total. The predicted octanol–water partition coefficient (Wildman–Crippen LogP) is 7.88. The van der Waals surface area contributed by atoms with Gasteiger partial charge in [-0.1, -0.05) is 43.3 Å². The number of ether oxygens (including phenoxy) is 2. The number of fused-ring (bicyclic) bond motifs is 1. The highest BCUT2D eigenvalue weighted by Gasteiger charge is 2.31. The van der Waals surface area contributed by atoms with Crippen molar-refractivity contribution in [2.45, 2.75) is 112 Å². The van der Waals surface area contributed by atoms with E-state index in [4.69, 9.17) is 14.5 Å². The second kappa shape index (κ2) is 19.5. The van der Waals surface area contributed by atoms with E-state index in [1.165, 1.54) is 5.56 Å². The van der Waals surface area contributed by atoms with Gasteiger partial charge in [0, 0.05) is 93.5 Å². The molecule has 7 rings (SSSR count). The number of hydrogen-bond donors (Lipinski definition) is 3. The van der Waals surface area contributed by atoms with Crippen LogP contribution < -0.4 is 16.0 Å². The maximum Gasteiger partial charge on any atom is 0.410 e. The van der Waals surface area contributed by atoms with E-state index in [1.807, 2.05) is 61.7 Å². The van der Waals surface area contributed by atoms with Gasteiger partial charge in [-0.15, -0.1) is 0 Å². The van der Waals surface area contributed by atoms with Gasteiger partial charge in [-0.3, -0.25) is 14.5 Å². The van der Waals surface area contributed by atoms with E-state index in [-0.39, 0.29) is 36.5 Å². The van der Waals surface area contributed by atoms with Crippen molar-refractivity contribution in [3.8, 4) is 11.1 Å². The Bertz CT molecular complexity index is 2400. The van der Waals surface area contributed by atoms with Crippen molar-refractivity contribution in [1.82, 2.24) is 35.2 Å². The minimum atomic E-state index is -0.521. The van der Waals surface area contributed by atoms with Gasteiger partial charge in [0.1, 0.15) is 5.60 Å². The Labute approximate surface area is 365 Å². The molecule has 0 radical (unpaired) electrons. The third kappa shape index (κ3) is 10.8. The van der Waals surface area contributed by atoms with Crippen molar-refractivity contribution in [3.05, 3.63) is 112 Å². The molecular formula is C49H62N8O5. The molecule has 13 heteroatoms. The largest absolute Gasteiger partial charge is 0.444 e. The van der Waals surface area contributed by atoms with Crippen LogP contribution in [0.4, 0.5) is 10.5 Å². The quantitative estimate of drug-likeness (QED) is 0.108. The van der Waals surface area contributed by atoms with Gasteiger partial charge in [0.2, 0.25) is 0 Å². The number of carbonyl (C=O) groups is 3. The standard InChI is InChI=1S/C49H62N8O5/c1-8-43-41(44(53-40-16-20-61-21-17-40)42-29-52-57(9-2)45(42)54-43)28-51-47(59)39-23-32(3)22-38(26-39)46(58)50-27-34-12-10-14-36(24-34)37-15-11-13-35(25-37)31-55-18-19-56(33(4)30-55)48(60)62-49(5,6)7/h10-15,22-26,29,33,40H,8-9,16-21,27-28,30-31H2,1-7H3,(H,50,58)(H,51,59)(H,53,54)/t33-/m0/s1. The average Bonchev–Trinajstić information content (AvgIpc) is 3.67. The van der Waals surface area contributed by atoms with Gasteiger partial charge in [-0.25, -0.2) is 14.5 Å². The van der Waals surface area contributed by atoms with Crippen molar-refractivity contribution < 1.29 is 23.9 Å². The third-order valence-electron chi connectivity index (χ3n) is 11.6. The van der Waals surface area contributed by atoms with Crippen molar-refractivity contribution in [2.75, 3.05) is 38.2 Å². The second-order valence-corrected chi connectivity index (χ2v) is 17.6. The molecule has 2 fully saturated rings. The van der Waals surface area contributed by atoms with Crippen molar-refractivity contribution in [3.63, 3.8) is 0 Å². The Balaban J connectivity index is 0.984. The van der Waals surface area contributed by atoms with Gasteiger partial charge in [-0.05, 0) is 119 Å². The number of hydrogen-bond acceptors (Lipinski definition) is 9. The van der Waals surface area contributed by atoms with Crippen LogP contribution in [0.3, 0.4) is 0 Å². The molecule has 62 heavy (non-hydrogen) atoms. The topological polar surface area (TPSA) is 143 Å². The summed E-state index contributed by atoms with van der Waals surface area (Å²) in [4.78, 5) is 49.4. The summed E-state index contributed by atoms with van der Waals surface area (Å²) in [5.41, 5.74) is 9.08. The lowest BCUT2D eigenvalue weighted by Crippen LogP contribution is -2.54. The molecule has 2 aromatic heterocycles. The van der Waals surface area contributed by atoms with Crippen LogP contribution in [-0.2, 0) is 42.1 Å². The first-order valence-corrected chi connectivity index (χ1v) is 22.1. The van der Waals surface area contributed by atoms with Gasteiger partial charge in [0.25, 0.3) is 11.8 Å². The fourth-order valence-corrected chi connectivity index (χ4v) is 8.44. The Morgan fingerprint density at radius 1 is 0.871 bits per heavy atom. The molecule has 2 aliphatic heterocycles. The van der Waals surface area contributed by atoms with Gasteiger partial charge in [0.05, 0.1) is 17.3 Å². The molecule has 2 saturated heterocycles. The first-order valence-electron chi connectivity index (χ1n) is 22.1.